The monoisotopic (exact) mass is 234 g/mol. The number of hydrogen-bond donors (Lipinski definition) is 0. The van der Waals surface area contributed by atoms with E-state index in [1.807, 2.05) is 13.0 Å². The van der Waals surface area contributed by atoms with Crippen LogP contribution in [0.5, 0.6) is 0 Å². The van der Waals surface area contributed by atoms with E-state index in [2.05, 4.69) is 0 Å². The van der Waals surface area contributed by atoms with E-state index >= 15 is 0 Å². The number of hydrogen-bond acceptors (Lipinski definition) is 2. The molecule has 1 atom stereocenters. The second kappa shape index (κ2) is 6.00. The Balaban J connectivity index is 2.96. The Labute approximate surface area is 100 Å². The smallest absolute Gasteiger partial charge is 0.244 e. The van der Waals surface area contributed by atoms with Gasteiger partial charge in [-0.1, -0.05) is 6.92 Å². The third-order valence-corrected chi connectivity index (χ3v) is 2.58. The molecule has 1 amide bonds. The van der Waals surface area contributed by atoms with Gasteiger partial charge in [-0.2, -0.15) is 5.26 Å². The summed E-state index contributed by atoms with van der Waals surface area (Å²) in [4.78, 5) is 13.5. The molecule has 1 rings (SSSR count). The van der Waals surface area contributed by atoms with Gasteiger partial charge in [0.05, 0.1) is 6.07 Å². The number of anilines is 1. The van der Waals surface area contributed by atoms with Crippen molar-refractivity contribution in [3.8, 4) is 6.07 Å². The molecule has 0 aromatic heterocycles. The first-order chi connectivity index (χ1) is 8.13. The minimum atomic E-state index is -0.639. The standard InChI is InChI=1S/C13H15FN2O/c1-3-10(9-15)13(17)16(4-2)12-7-5-11(14)6-8-12/h5-8,10H,3-4H2,1-2H3. The van der Waals surface area contributed by atoms with Crippen LogP contribution < -0.4 is 4.90 Å². The van der Waals surface area contributed by atoms with E-state index in [0.29, 0.717) is 18.7 Å². The van der Waals surface area contributed by atoms with Gasteiger partial charge >= 0.3 is 0 Å². The summed E-state index contributed by atoms with van der Waals surface area (Å²) < 4.78 is 12.8. The van der Waals surface area contributed by atoms with E-state index in [-0.39, 0.29) is 11.7 Å². The molecule has 0 N–H and O–H groups in total. The number of amides is 1. The highest BCUT2D eigenvalue weighted by atomic mass is 19.1. The summed E-state index contributed by atoms with van der Waals surface area (Å²) in [5.41, 5.74) is 0.618. The molecule has 0 spiro atoms. The number of benzene rings is 1. The lowest BCUT2D eigenvalue weighted by atomic mass is 10.1. The van der Waals surface area contributed by atoms with E-state index in [9.17, 15) is 9.18 Å². The summed E-state index contributed by atoms with van der Waals surface area (Å²) in [6.45, 7) is 4.08. The van der Waals surface area contributed by atoms with E-state index < -0.39 is 5.92 Å². The molecule has 0 bridgehead atoms. The zero-order chi connectivity index (χ0) is 12.8. The largest absolute Gasteiger partial charge is 0.312 e. The first-order valence-electron chi connectivity index (χ1n) is 5.60. The molecule has 0 aliphatic heterocycles. The van der Waals surface area contributed by atoms with Crippen molar-refractivity contribution in [2.45, 2.75) is 20.3 Å². The molecule has 90 valence electrons. The molecule has 17 heavy (non-hydrogen) atoms. The van der Waals surface area contributed by atoms with Gasteiger partial charge in [0.15, 0.2) is 0 Å². The molecule has 0 aliphatic rings. The van der Waals surface area contributed by atoms with Gasteiger partial charge in [0.1, 0.15) is 11.7 Å². The molecule has 0 fully saturated rings. The van der Waals surface area contributed by atoms with Gasteiger partial charge in [0.25, 0.3) is 0 Å². The normalized spacial score (nSPS) is 11.6. The van der Waals surface area contributed by atoms with Crippen LogP contribution in [0.25, 0.3) is 0 Å². The van der Waals surface area contributed by atoms with Crippen LogP contribution in [0.4, 0.5) is 10.1 Å². The lowest BCUT2D eigenvalue weighted by Crippen LogP contribution is -2.35. The SMILES string of the molecule is CCC(C#N)C(=O)N(CC)c1ccc(F)cc1. The Morgan fingerprint density at radius 1 is 1.41 bits per heavy atom. The maximum Gasteiger partial charge on any atom is 0.244 e. The van der Waals surface area contributed by atoms with Crippen molar-refractivity contribution in [2.24, 2.45) is 5.92 Å². The van der Waals surface area contributed by atoms with E-state index in [1.165, 1.54) is 17.0 Å². The Kier molecular flexibility index (Phi) is 4.65. The predicted molar refractivity (Wildman–Crippen MR) is 63.8 cm³/mol. The van der Waals surface area contributed by atoms with Crippen molar-refractivity contribution in [1.29, 1.82) is 5.26 Å². The molecule has 0 radical (unpaired) electrons. The first-order valence-corrected chi connectivity index (χ1v) is 5.60. The summed E-state index contributed by atoms with van der Waals surface area (Å²) in [6, 6.07) is 7.68. The van der Waals surface area contributed by atoms with Gasteiger partial charge < -0.3 is 4.90 Å². The van der Waals surface area contributed by atoms with Gasteiger partial charge in [-0.25, -0.2) is 4.39 Å². The van der Waals surface area contributed by atoms with Gasteiger partial charge in [0, 0.05) is 12.2 Å². The zero-order valence-electron chi connectivity index (χ0n) is 9.98. The summed E-state index contributed by atoms with van der Waals surface area (Å²) in [7, 11) is 0. The number of halogens is 1. The van der Waals surface area contributed by atoms with Crippen LogP contribution in [-0.4, -0.2) is 12.5 Å². The molecule has 4 heteroatoms. The maximum atomic E-state index is 12.8. The van der Waals surface area contributed by atoms with Gasteiger partial charge in [-0.15, -0.1) is 0 Å². The Morgan fingerprint density at radius 2 is 2.00 bits per heavy atom. The third-order valence-electron chi connectivity index (χ3n) is 2.58. The summed E-state index contributed by atoms with van der Waals surface area (Å²) in [6.07, 6.45) is 0.479. The topological polar surface area (TPSA) is 44.1 Å². The van der Waals surface area contributed by atoms with Crippen LogP contribution in [0.15, 0.2) is 24.3 Å². The molecule has 0 aliphatic carbocycles. The van der Waals surface area contributed by atoms with Crippen LogP contribution in [0.1, 0.15) is 20.3 Å². The molecular formula is C13H15FN2O. The summed E-state index contributed by atoms with van der Waals surface area (Å²) >= 11 is 0. The highest BCUT2D eigenvalue weighted by Gasteiger charge is 2.22. The number of nitrogens with zero attached hydrogens (tertiary/aromatic N) is 2. The van der Waals surface area contributed by atoms with Crippen LogP contribution >= 0.6 is 0 Å². The lowest BCUT2D eigenvalue weighted by Gasteiger charge is -2.22. The highest BCUT2D eigenvalue weighted by molar-refractivity contribution is 5.96. The fourth-order valence-electron chi connectivity index (χ4n) is 1.60. The molecule has 0 saturated carbocycles. The number of carbonyl (C=O) groups excluding carboxylic acids is 1. The number of carbonyl (C=O) groups is 1. The second-order valence-corrected chi connectivity index (χ2v) is 3.65. The third kappa shape index (κ3) is 3.04. The van der Waals surface area contributed by atoms with Crippen molar-refractivity contribution < 1.29 is 9.18 Å². The fourth-order valence-corrected chi connectivity index (χ4v) is 1.60. The average Bonchev–Trinajstić information content (AvgIpc) is 2.34. The fraction of sp³-hybridized carbons (Fsp3) is 0.385. The van der Waals surface area contributed by atoms with Crippen LogP contribution in [0.2, 0.25) is 0 Å². The van der Waals surface area contributed by atoms with Crippen LogP contribution in [0.3, 0.4) is 0 Å². The molecule has 0 heterocycles. The minimum Gasteiger partial charge on any atom is -0.312 e. The quantitative estimate of drug-likeness (QED) is 0.804. The van der Waals surface area contributed by atoms with Crippen molar-refractivity contribution in [3.05, 3.63) is 30.1 Å². The van der Waals surface area contributed by atoms with Crippen LogP contribution in [-0.2, 0) is 4.79 Å². The molecular weight excluding hydrogens is 219 g/mol. The van der Waals surface area contributed by atoms with Crippen LogP contribution in [0, 0.1) is 23.1 Å². The predicted octanol–water partition coefficient (Wildman–Crippen LogP) is 2.73. The molecule has 0 saturated heterocycles. The first kappa shape index (κ1) is 13.2. The van der Waals surface area contributed by atoms with Crippen molar-refractivity contribution in [3.63, 3.8) is 0 Å². The second-order valence-electron chi connectivity index (χ2n) is 3.65. The lowest BCUT2D eigenvalue weighted by molar-refractivity contribution is -0.120. The summed E-state index contributed by atoms with van der Waals surface area (Å²) in [5.74, 6) is -1.21. The van der Waals surface area contributed by atoms with Crippen molar-refractivity contribution in [1.82, 2.24) is 0 Å². The van der Waals surface area contributed by atoms with E-state index in [0.717, 1.165) is 0 Å². The zero-order valence-corrected chi connectivity index (χ0v) is 9.98. The Morgan fingerprint density at radius 3 is 2.41 bits per heavy atom. The van der Waals surface area contributed by atoms with E-state index in [4.69, 9.17) is 5.26 Å². The van der Waals surface area contributed by atoms with Gasteiger partial charge in [0.2, 0.25) is 5.91 Å². The molecule has 1 aromatic rings. The summed E-state index contributed by atoms with van der Waals surface area (Å²) in [5, 5.41) is 8.87. The number of rotatable bonds is 4. The van der Waals surface area contributed by atoms with Crippen molar-refractivity contribution >= 4 is 11.6 Å². The Bertz CT molecular complexity index is 422. The maximum absolute atomic E-state index is 12.8. The van der Waals surface area contributed by atoms with E-state index in [1.54, 1.807) is 19.1 Å². The van der Waals surface area contributed by atoms with Gasteiger partial charge in [-0.05, 0) is 37.6 Å². The van der Waals surface area contributed by atoms with Crippen molar-refractivity contribution in [2.75, 3.05) is 11.4 Å². The molecule has 1 unspecified atom stereocenters. The molecule has 1 aromatic carbocycles. The minimum absolute atomic E-state index is 0.232. The number of nitriles is 1. The Hall–Kier alpha value is -1.89. The average molecular weight is 234 g/mol. The van der Waals surface area contributed by atoms with Gasteiger partial charge in [-0.3, -0.25) is 4.79 Å². The highest BCUT2D eigenvalue weighted by Crippen LogP contribution is 2.18. The molecule has 3 nitrogen and oxygen atoms in total.